The molecular weight excluding hydrogens is 202 g/mol. The third-order valence-corrected chi connectivity index (χ3v) is 2.00. The summed E-state index contributed by atoms with van der Waals surface area (Å²) in [6, 6.07) is -0.867. The third-order valence-electron chi connectivity index (χ3n) is 2.00. The maximum absolute atomic E-state index is 11.4. The van der Waals surface area contributed by atoms with E-state index in [1.54, 1.807) is 0 Å². The molecule has 7 nitrogen and oxygen atoms in total. The molecule has 0 saturated carbocycles. The molecule has 0 radical (unpaired) electrons. The number of primary amides is 1. The zero-order valence-electron chi connectivity index (χ0n) is 8.36. The zero-order chi connectivity index (χ0) is 11.6. The van der Waals surface area contributed by atoms with Gasteiger partial charge in [-0.1, -0.05) is 0 Å². The number of nitrogens with zero attached hydrogens (tertiary/aromatic N) is 1. The first-order chi connectivity index (χ1) is 6.97. The number of allylic oxidation sites excluding steroid dienone is 1. The van der Waals surface area contributed by atoms with Crippen molar-refractivity contribution in [2.75, 3.05) is 7.11 Å². The highest BCUT2D eigenvalue weighted by Crippen LogP contribution is 2.22. The van der Waals surface area contributed by atoms with Crippen LogP contribution in [0.1, 0.15) is 13.3 Å². The summed E-state index contributed by atoms with van der Waals surface area (Å²) >= 11 is 0. The number of hydrogen-bond donors (Lipinski definition) is 2. The number of carbonyl (C=O) groups is 3. The average molecular weight is 213 g/mol. The van der Waals surface area contributed by atoms with Crippen LogP contribution in [0.25, 0.3) is 0 Å². The van der Waals surface area contributed by atoms with Crippen LogP contribution in [0.15, 0.2) is 11.3 Å². The van der Waals surface area contributed by atoms with Gasteiger partial charge >= 0.3 is 12.0 Å². The number of hydrazine groups is 1. The Morgan fingerprint density at radius 2 is 2.13 bits per heavy atom. The van der Waals surface area contributed by atoms with Crippen LogP contribution in [0.3, 0.4) is 0 Å². The molecule has 1 aliphatic rings. The number of nitrogens with one attached hydrogen (secondary N) is 1. The minimum absolute atomic E-state index is 0.0984. The molecule has 1 heterocycles. The monoisotopic (exact) mass is 213 g/mol. The minimum atomic E-state index is -0.867. The Bertz CT molecular complexity index is 361. The van der Waals surface area contributed by atoms with Gasteiger partial charge in [0.15, 0.2) is 0 Å². The molecule has 7 heteroatoms. The smallest absolute Gasteiger partial charge is 0.336 e. The fourth-order valence-electron chi connectivity index (χ4n) is 1.28. The van der Waals surface area contributed by atoms with Crippen LogP contribution in [0.5, 0.6) is 0 Å². The molecule has 3 N–H and O–H groups in total. The molecule has 1 aliphatic heterocycles. The number of carbonyl (C=O) groups excluding carboxylic acids is 3. The van der Waals surface area contributed by atoms with Crippen LogP contribution >= 0.6 is 0 Å². The number of urea groups is 1. The van der Waals surface area contributed by atoms with E-state index < -0.39 is 17.9 Å². The first-order valence-corrected chi connectivity index (χ1v) is 4.14. The van der Waals surface area contributed by atoms with Gasteiger partial charge in [-0.25, -0.2) is 20.0 Å². The summed E-state index contributed by atoms with van der Waals surface area (Å²) in [5.74, 6) is -1.01. The van der Waals surface area contributed by atoms with Crippen LogP contribution in [0.2, 0.25) is 0 Å². The molecule has 0 saturated heterocycles. The molecule has 1 rings (SSSR count). The van der Waals surface area contributed by atoms with Crippen LogP contribution in [0.4, 0.5) is 4.79 Å². The summed E-state index contributed by atoms with van der Waals surface area (Å²) in [7, 11) is 1.22. The maximum Gasteiger partial charge on any atom is 0.336 e. The number of amides is 3. The number of ether oxygens (including phenoxy) is 1. The summed E-state index contributed by atoms with van der Waals surface area (Å²) in [6.45, 7) is 1.52. The van der Waals surface area contributed by atoms with Gasteiger partial charge in [0.1, 0.15) is 0 Å². The Balaban J connectivity index is 2.92. The number of hydrogen-bond acceptors (Lipinski definition) is 4. The van der Waals surface area contributed by atoms with Crippen LogP contribution < -0.4 is 11.2 Å². The Morgan fingerprint density at radius 1 is 1.53 bits per heavy atom. The zero-order valence-corrected chi connectivity index (χ0v) is 8.36. The SMILES string of the molecule is COC(=O)C1=C(C)N(NC(N)=O)C(=O)C1. The number of nitrogens with two attached hydrogens (primary N) is 1. The lowest BCUT2D eigenvalue weighted by Gasteiger charge is -2.16. The molecule has 0 unspecified atom stereocenters. The highest BCUT2D eigenvalue weighted by molar-refractivity contribution is 6.00. The van der Waals surface area contributed by atoms with Crippen molar-refractivity contribution in [2.24, 2.45) is 5.73 Å². The van der Waals surface area contributed by atoms with E-state index in [9.17, 15) is 14.4 Å². The predicted octanol–water partition coefficient (Wildman–Crippen LogP) is -0.751. The molecule has 3 amide bonds. The predicted molar refractivity (Wildman–Crippen MR) is 48.9 cm³/mol. The van der Waals surface area contributed by atoms with Crippen molar-refractivity contribution in [3.63, 3.8) is 0 Å². The lowest BCUT2D eigenvalue weighted by Crippen LogP contribution is -2.45. The highest BCUT2D eigenvalue weighted by Gasteiger charge is 2.32. The Morgan fingerprint density at radius 3 is 2.60 bits per heavy atom. The second-order valence-corrected chi connectivity index (χ2v) is 2.94. The van der Waals surface area contributed by atoms with Gasteiger partial charge in [0.2, 0.25) is 5.91 Å². The van der Waals surface area contributed by atoms with Crippen molar-refractivity contribution in [2.45, 2.75) is 13.3 Å². The summed E-state index contributed by atoms with van der Waals surface area (Å²) in [5.41, 5.74) is 7.52. The van der Waals surface area contributed by atoms with Crippen molar-refractivity contribution in [1.29, 1.82) is 0 Å². The summed E-state index contributed by atoms with van der Waals surface area (Å²) in [6.07, 6.45) is -0.0984. The van der Waals surface area contributed by atoms with E-state index in [1.165, 1.54) is 14.0 Å². The molecule has 0 aromatic heterocycles. The number of esters is 1. The van der Waals surface area contributed by atoms with Crippen molar-refractivity contribution >= 4 is 17.9 Å². The van der Waals surface area contributed by atoms with E-state index in [-0.39, 0.29) is 12.0 Å². The van der Waals surface area contributed by atoms with Gasteiger partial charge < -0.3 is 10.5 Å². The largest absolute Gasteiger partial charge is 0.466 e. The molecule has 0 aromatic rings. The van der Waals surface area contributed by atoms with Gasteiger partial charge in [-0.05, 0) is 6.92 Å². The average Bonchev–Trinajstić information content (AvgIpc) is 2.44. The first-order valence-electron chi connectivity index (χ1n) is 4.14. The fraction of sp³-hybridized carbons (Fsp3) is 0.375. The molecule has 0 bridgehead atoms. The molecular formula is C8H11N3O4. The number of rotatable bonds is 2. The van der Waals surface area contributed by atoms with E-state index in [0.29, 0.717) is 5.70 Å². The topological polar surface area (TPSA) is 102 Å². The second kappa shape index (κ2) is 3.99. The molecule has 0 fully saturated rings. The van der Waals surface area contributed by atoms with Crippen molar-refractivity contribution < 1.29 is 19.1 Å². The molecule has 15 heavy (non-hydrogen) atoms. The fourth-order valence-corrected chi connectivity index (χ4v) is 1.28. The lowest BCUT2D eigenvalue weighted by molar-refractivity contribution is -0.137. The van der Waals surface area contributed by atoms with Crippen molar-refractivity contribution in [3.8, 4) is 0 Å². The van der Waals surface area contributed by atoms with Gasteiger partial charge in [-0.15, -0.1) is 0 Å². The third kappa shape index (κ3) is 2.06. The van der Waals surface area contributed by atoms with Crippen LogP contribution in [-0.4, -0.2) is 30.0 Å². The Hall–Kier alpha value is -2.05. The Labute approximate surface area is 85.8 Å². The van der Waals surface area contributed by atoms with Crippen LogP contribution in [0, 0.1) is 0 Å². The summed E-state index contributed by atoms with van der Waals surface area (Å²) < 4.78 is 4.49. The van der Waals surface area contributed by atoms with E-state index in [2.05, 4.69) is 10.2 Å². The van der Waals surface area contributed by atoms with Gasteiger partial charge in [0, 0.05) is 0 Å². The number of methoxy groups -OCH3 is 1. The summed E-state index contributed by atoms with van der Waals surface area (Å²) in [5, 5.41) is 0.939. The molecule has 0 atom stereocenters. The minimum Gasteiger partial charge on any atom is -0.466 e. The van der Waals surface area contributed by atoms with E-state index in [0.717, 1.165) is 5.01 Å². The van der Waals surface area contributed by atoms with Gasteiger partial charge in [0.25, 0.3) is 0 Å². The van der Waals surface area contributed by atoms with Crippen LogP contribution in [-0.2, 0) is 14.3 Å². The second-order valence-electron chi connectivity index (χ2n) is 2.94. The molecule has 0 aromatic carbocycles. The normalized spacial score (nSPS) is 15.6. The molecule has 0 spiro atoms. The van der Waals surface area contributed by atoms with E-state index in [1.807, 2.05) is 0 Å². The standard InChI is InChI=1S/C8H11N3O4/c1-4-5(7(13)15-2)3-6(12)11(4)10-8(9)14/h3H2,1-2H3,(H3,9,10,14). The quantitative estimate of drug-likeness (QED) is 0.589. The van der Waals surface area contributed by atoms with Gasteiger partial charge in [-0.3, -0.25) is 4.79 Å². The maximum atomic E-state index is 11.4. The molecule has 82 valence electrons. The Kier molecular flexibility index (Phi) is 2.93. The first kappa shape index (κ1) is 11.0. The van der Waals surface area contributed by atoms with Crippen molar-refractivity contribution in [3.05, 3.63) is 11.3 Å². The molecule has 0 aliphatic carbocycles. The van der Waals surface area contributed by atoms with Crippen molar-refractivity contribution in [1.82, 2.24) is 10.4 Å². The van der Waals surface area contributed by atoms with E-state index in [4.69, 9.17) is 5.73 Å². The van der Waals surface area contributed by atoms with E-state index >= 15 is 0 Å². The van der Waals surface area contributed by atoms with Gasteiger partial charge in [0.05, 0.1) is 24.8 Å². The van der Waals surface area contributed by atoms with Gasteiger partial charge in [-0.2, -0.15) is 0 Å². The highest BCUT2D eigenvalue weighted by atomic mass is 16.5. The lowest BCUT2D eigenvalue weighted by atomic mass is 10.2. The summed E-state index contributed by atoms with van der Waals surface area (Å²) in [4.78, 5) is 33.1.